The van der Waals surface area contributed by atoms with E-state index in [0.717, 1.165) is 12.8 Å². The molecule has 0 unspecified atom stereocenters. The van der Waals surface area contributed by atoms with Crippen molar-refractivity contribution in [3.63, 3.8) is 0 Å². The van der Waals surface area contributed by atoms with E-state index in [-0.39, 0.29) is 0 Å². The summed E-state index contributed by atoms with van der Waals surface area (Å²) < 4.78 is 12.8. The summed E-state index contributed by atoms with van der Waals surface area (Å²) in [7, 11) is 0. The van der Waals surface area contributed by atoms with Crippen molar-refractivity contribution in [1.82, 2.24) is 0 Å². The molecule has 1 aliphatic rings. The maximum atomic E-state index is 12.8. The van der Waals surface area contributed by atoms with Gasteiger partial charge in [0, 0.05) is 0 Å². The van der Waals surface area contributed by atoms with Crippen molar-refractivity contribution >= 4 is 0 Å². The zero-order valence-electron chi connectivity index (χ0n) is 7.58. The number of alkyl halides is 1. The van der Waals surface area contributed by atoms with Gasteiger partial charge in [-0.1, -0.05) is 20.3 Å². The first-order valence-corrected chi connectivity index (χ1v) is 4.29. The van der Waals surface area contributed by atoms with Crippen molar-refractivity contribution in [2.45, 2.75) is 52.6 Å². The monoisotopic (exact) mass is 146 g/mol. The van der Waals surface area contributed by atoms with E-state index in [0.29, 0.717) is 5.92 Å². The highest BCUT2D eigenvalue weighted by atomic mass is 19.1. The maximum absolute atomic E-state index is 12.8. The highest BCUT2D eigenvalue weighted by Crippen LogP contribution is 2.37. The van der Waals surface area contributed by atoms with Gasteiger partial charge >= 0.3 is 0 Å². The lowest BCUT2D eigenvalue weighted by Gasteiger charge is -2.33. The summed E-state index contributed by atoms with van der Waals surface area (Å²) in [6, 6.07) is 0. The zero-order valence-corrected chi connectivity index (χ0v) is 7.58. The topological polar surface area (TPSA) is 0 Å². The van der Waals surface area contributed by atoms with Crippen LogP contribution in [0.25, 0.3) is 0 Å². The Morgan fingerprint density at radius 2 is 1.60 bits per heavy atom. The first-order valence-electron chi connectivity index (χ1n) is 4.29. The molecule has 0 saturated heterocycles. The molecule has 0 bridgehead atoms. The molecule has 0 heterocycles. The van der Waals surface area contributed by atoms with Crippen molar-refractivity contribution in [2.24, 2.45) is 5.92 Å². The molecule has 0 radical (unpaired) electrons. The van der Waals surface area contributed by atoms with Crippen LogP contribution in [0, 0.1) is 5.92 Å². The molecule has 0 aliphatic heterocycles. The second-order valence-corrected chi connectivity index (χ2v) is 3.19. The Hall–Kier alpha value is -0.0700. The van der Waals surface area contributed by atoms with Gasteiger partial charge in [0.25, 0.3) is 0 Å². The van der Waals surface area contributed by atoms with Crippen LogP contribution in [0.15, 0.2) is 0 Å². The minimum absolute atomic E-state index is 0.363. The van der Waals surface area contributed by atoms with E-state index < -0.39 is 5.67 Å². The summed E-state index contributed by atoms with van der Waals surface area (Å²) in [5, 5.41) is 0. The van der Waals surface area contributed by atoms with Crippen LogP contribution in [-0.4, -0.2) is 5.67 Å². The Balaban J connectivity index is 0.000000371. The van der Waals surface area contributed by atoms with Gasteiger partial charge in [-0.3, -0.25) is 0 Å². The van der Waals surface area contributed by atoms with E-state index in [1.165, 1.54) is 6.42 Å². The van der Waals surface area contributed by atoms with Gasteiger partial charge in [-0.2, -0.15) is 0 Å². The molecule has 0 aromatic heterocycles. The average Bonchev–Trinajstić information content (AvgIpc) is 1.61. The van der Waals surface area contributed by atoms with Crippen molar-refractivity contribution in [3.05, 3.63) is 0 Å². The average molecular weight is 146 g/mol. The van der Waals surface area contributed by atoms with Gasteiger partial charge in [0.15, 0.2) is 0 Å². The van der Waals surface area contributed by atoms with Crippen molar-refractivity contribution < 1.29 is 4.39 Å². The Kier molecular flexibility index (Phi) is 3.92. The van der Waals surface area contributed by atoms with E-state index in [1.54, 1.807) is 13.8 Å². The van der Waals surface area contributed by atoms with Crippen LogP contribution in [0.4, 0.5) is 4.39 Å². The molecular weight excluding hydrogens is 127 g/mol. The minimum Gasteiger partial charge on any atom is -0.244 e. The molecule has 62 valence electrons. The van der Waals surface area contributed by atoms with E-state index in [2.05, 4.69) is 0 Å². The molecule has 0 amide bonds. The van der Waals surface area contributed by atoms with Gasteiger partial charge in [0.2, 0.25) is 0 Å². The Bertz CT molecular complexity index is 77.2. The van der Waals surface area contributed by atoms with Crippen molar-refractivity contribution in [2.75, 3.05) is 0 Å². The second kappa shape index (κ2) is 3.95. The highest BCUT2D eigenvalue weighted by molar-refractivity contribution is 4.83. The summed E-state index contributed by atoms with van der Waals surface area (Å²) in [4.78, 5) is 0. The molecular formula is C9H19F. The van der Waals surface area contributed by atoms with Crippen LogP contribution in [0.2, 0.25) is 0 Å². The smallest absolute Gasteiger partial charge is 0.108 e. The number of hydrogen-bond donors (Lipinski definition) is 0. The Morgan fingerprint density at radius 1 is 1.20 bits per heavy atom. The fourth-order valence-electron chi connectivity index (χ4n) is 1.09. The third-order valence-corrected chi connectivity index (χ3v) is 2.08. The van der Waals surface area contributed by atoms with E-state index in [9.17, 15) is 4.39 Å². The molecule has 0 aromatic rings. The lowest BCUT2D eigenvalue weighted by atomic mass is 9.76. The van der Waals surface area contributed by atoms with Gasteiger partial charge in [-0.25, -0.2) is 4.39 Å². The Morgan fingerprint density at radius 3 is 1.60 bits per heavy atom. The molecule has 1 rings (SSSR count). The predicted molar refractivity (Wildman–Crippen MR) is 43.9 cm³/mol. The zero-order chi connectivity index (χ0) is 8.20. The van der Waals surface area contributed by atoms with Gasteiger partial charge < -0.3 is 0 Å². The number of rotatable bonds is 1. The number of halogens is 1. The molecule has 0 spiro atoms. The molecule has 10 heavy (non-hydrogen) atoms. The molecule has 0 N–H and O–H groups in total. The molecule has 0 aromatic carbocycles. The van der Waals surface area contributed by atoms with Gasteiger partial charge in [-0.05, 0) is 32.6 Å². The first kappa shape index (κ1) is 9.93. The van der Waals surface area contributed by atoms with Crippen molar-refractivity contribution in [3.8, 4) is 0 Å². The third-order valence-electron chi connectivity index (χ3n) is 2.08. The predicted octanol–water partition coefficient (Wildman–Crippen LogP) is 3.56. The fourth-order valence-corrected chi connectivity index (χ4v) is 1.09. The molecule has 1 saturated carbocycles. The van der Waals surface area contributed by atoms with Crippen LogP contribution in [0.3, 0.4) is 0 Å². The van der Waals surface area contributed by atoms with Crippen LogP contribution in [0.1, 0.15) is 47.0 Å². The first-order chi connectivity index (χ1) is 4.61. The van der Waals surface area contributed by atoms with Crippen LogP contribution in [0.5, 0.6) is 0 Å². The Labute approximate surface area is 63.8 Å². The summed E-state index contributed by atoms with van der Waals surface area (Å²) >= 11 is 0. The van der Waals surface area contributed by atoms with Gasteiger partial charge in [-0.15, -0.1) is 0 Å². The summed E-state index contributed by atoms with van der Waals surface area (Å²) in [5.74, 6) is 0.363. The SMILES string of the molecule is CC.CC(C)(F)C1CCC1. The largest absolute Gasteiger partial charge is 0.244 e. The number of hydrogen-bond acceptors (Lipinski definition) is 0. The molecule has 1 aliphatic carbocycles. The quantitative estimate of drug-likeness (QED) is 0.530. The van der Waals surface area contributed by atoms with E-state index in [1.807, 2.05) is 13.8 Å². The lowest BCUT2D eigenvalue weighted by molar-refractivity contribution is 0.0673. The fraction of sp³-hybridized carbons (Fsp3) is 1.00. The summed E-state index contributed by atoms with van der Waals surface area (Å²) in [6.45, 7) is 7.35. The van der Waals surface area contributed by atoms with E-state index >= 15 is 0 Å². The second-order valence-electron chi connectivity index (χ2n) is 3.19. The van der Waals surface area contributed by atoms with Crippen LogP contribution < -0.4 is 0 Å². The summed E-state index contributed by atoms with van der Waals surface area (Å²) in [5.41, 5.74) is -0.905. The standard InChI is InChI=1S/C7H13F.C2H6/c1-7(2,8)6-4-3-5-6;1-2/h6H,3-5H2,1-2H3;1-2H3. The molecule has 1 fully saturated rings. The summed E-state index contributed by atoms with van der Waals surface area (Å²) in [6.07, 6.45) is 3.44. The van der Waals surface area contributed by atoms with Gasteiger partial charge in [0.05, 0.1) is 0 Å². The minimum atomic E-state index is -0.905. The lowest BCUT2D eigenvalue weighted by Crippen LogP contribution is -2.31. The highest BCUT2D eigenvalue weighted by Gasteiger charge is 2.33. The third kappa shape index (κ3) is 2.68. The van der Waals surface area contributed by atoms with Crippen LogP contribution >= 0.6 is 0 Å². The van der Waals surface area contributed by atoms with Gasteiger partial charge in [0.1, 0.15) is 5.67 Å². The molecule has 1 heteroatoms. The van der Waals surface area contributed by atoms with Crippen molar-refractivity contribution in [1.29, 1.82) is 0 Å². The molecule has 0 atom stereocenters. The van der Waals surface area contributed by atoms with E-state index in [4.69, 9.17) is 0 Å². The maximum Gasteiger partial charge on any atom is 0.108 e. The normalized spacial score (nSPS) is 18.9. The van der Waals surface area contributed by atoms with Crippen LogP contribution in [-0.2, 0) is 0 Å². The molecule has 0 nitrogen and oxygen atoms in total.